The highest BCUT2D eigenvalue weighted by molar-refractivity contribution is 9.10. The summed E-state index contributed by atoms with van der Waals surface area (Å²) in [4.78, 5) is 14.5. The van der Waals surface area contributed by atoms with Crippen molar-refractivity contribution in [2.75, 3.05) is 12.0 Å². The van der Waals surface area contributed by atoms with Crippen molar-refractivity contribution in [3.8, 4) is 11.5 Å². The van der Waals surface area contributed by atoms with Crippen LogP contribution in [0.15, 0.2) is 40.9 Å². The summed E-state index contributed by atoms with van der Waals surface area (Å²) in [6.45, 7) is 3.97. The van der Waals surface area contributed by atoms with E-state index < -0.39 is 5.72 Å². The zero-order chi connectivity index (χ0) is 17.8. The SMILES string of the molecule is COc1cc(Br)cc2c1OC1(C)CC2NC(=O)N1c1ccc(C)cc1. The number of aryl methyl sites for hydroxylation is 1. The van der Waals surface area contributed by atoms with E-state index in [1.807, 2.05) is 50.2 Å². The number of ether oxygens (including phenoxy) is 2. The fourth-order valence-electron chi connectivity index (χ4n) is 3.64. The number of anilines is 1. The van der Waals surface area contributed by atoms with Gasteiger partial charge in [-0.2, -0.15) is 0 Å². The molecular formula is C19H19BrN2O3. The maximum Gasteiger partial charge on any atom is 0.325 e. The van der Waals surface area contributed by atoms with Gasteiger partial charge >= 0.3 is 6.03 Å². The number of benzene rings is 2. The van der Waals surface area contributed by atoms with Gasteiger partial charge < -0.3 is 14.8 Å². The van der Waals surface area contributed by atoms with Crippen LogP contribution in [-0.2, 0) is 0 Å². The Labute approximate surface area is 155 Å². The minimum Gasteiger partial charge on any atom is -0.493 e. The first-order valence-corrected chi connectivity index (χ1v) is 8.94. The molecule has 2 atom stereocenters. The molecule has 0 aromatic heterocycles. The van der Waals surface area contributed by atoms with Crippen molar-refractivity contribution in [2.45, 2.75) is 32.0 Å². The fraction of sp³-hybridized carbons (Fsp3) is 0.316. The minimum absolute atomic E-state index is 0.116. The molecule has 25 heavy (non-hydrogen) atoms. The molecule has 130 valence electrons. The summed E-state index contributed by atoms with van der Waals surface area (Å²) in [5.74, 6) is 1.34. The molecule has 2 unspecified atom stereocenters. The second-order valence-electron chi connectivity index (χ2n) is 6.68. The number of nitrogens with one attached hydrogen (secondary N) is 1. The van der Waals surface area contributed by atoms with Gasteiger partial charge in [-0.25, -0.2) is 4.79 Å². The van der Waals surface area contributed by atoms with E-state index >= 15 is 0 Å². The smallest absolute Gasteiger partial charge is 0.325 e. The molecule has 0 aliphatic carbocycles. The Morgan fingerprint density at radius 3 is 2.72 bits per heavy atom. The lowest BCUT2D eigenvalue weighted by molar-refractivity contribution is 0.0349. The summed E-state index contributed by atoms with van der Waals surface area (Å²) in [6, 6.07) is 11.4. The summed E-state index contributed by atoms with van der Waals surface area (Å²) in [5, 5.41) is 3.10. The van der Waals surface area contributed by atoms with Crippen molar-refractivity contribution < 1.29 is 14.3 Å². The van der Waals surface area contributed by atoms with Crippen molar-refractivity contribution >= 4 is 27.6 Å². The second kappa shape index (κ2) is 5.66. The van der Waals surface area contributed by atoms with Gasteiger partial charge in [-0.05, 0) is 38.1 Å². The predicted octanol–water partition coefficient (Wildman–Crippen LogP) is 4.54. The van der Waals surface area contributed by atoms with E-state index in [9.17, 15) is 4.79 Å². The standard InChI is InChI=1S/C19H19BrN2O3/c1-11-4-6-13(7-5-11)22-18(23)21-15-10-19(22,2)25-17-14(15)8-12(20)9-16(17)24-3/h4-9,15H,10H2,1-3H3,(H,21,23). The number of urea groups is 1. The van der Waals surface area contributed by atoms with E-state index in [0.29, 0.717) is 17.9 Å². The van der Waals surface area contributed by atoms with Gasteiger partial charge in [-0.15, -0.1) is 0 Å². The topological polar surface area (TPSA) is 50.8 Å². The van der Waals surface area contributed by atoms with Crippen LogP contribution in [0.5, 0.6) is 11.5 Å². The molecule has 0 spiro atoms. The molecule has 2 aromatic carbocycles. The normalized spacial score (nSPS) is 24.2. The second-order valence-corrected chi connectivity index (χ2v) is 7.60. The molecule has 6 heteroatoms. The first-order chi connectivity index (χ1) is 11.9. The average Bonchev–Trinajstić information content (AvgIpc) is 2.56. The zero-order valence-electron chi connectivity index (χ0n) is 14.3. The molecular weight excluding hydrogens is 384 g/mol. The number of rotatable bonds is 2. The average molecular weight is 403 g/mol. The first-order valence-electron chi connectivity index (χ1n) is 8.15. The van der Waals surface area contributed by atoms with E-state index in [0.717, 1.165) is 21.3 Å². The molecule has 2 amide bonds. The van der Waals surface area contributed by atoms with Crippen molar-refractivity contribution in [1.29, 1.82) is 0 Å². The quantitative estimate of drug-likeness (QED) is 0.802. The van der Waals surface area contributed by atoms with Gasteiger partial charge in [0.15, 0.2) is 17.2 Å². The Morgan fingerprint density at radius 2 is 2.04 bits per heavy atom. The van der Waals surface area contributed by atoms with Crippen molar-refractivity contribution in [1.82, 2.24) is 5.32 Å². The molecule has 1 saturated heterocycles. The molecule has 5 nitrogen and oxygen atoms in total. The van der Waals surface area contributed by atoms with Crippen LogP contribution < -0.4 is 19.7 Å². The molecule has 1 N–H and O–H groups in total. The van der Waals surface area contributed by atoms with Crippen LogP contribution >= 0.6 is 15.9 Å². The third-order valence-corrected chi connectivity index (χ3v) is 5.27. The Morgan fingerprint density at radius 1 is 1.32 bits per heavy atom. The number of methoxy groups -OCH3 is 1. The molecule has 1 fully saturated rings. The highest BCUT2D eigenvalue weighted by Gasteiger charge is 2.50. The van der Waals surface area contributed by atoms with Gasteiger partial charge in [-0.1, -0.05) is 33.6 Å². The minimum atomic E-state index is -0.781. The van der Waals surface area contributed by atoms with E-state index in [2.05, 4.69) is 21.2 Å². The molecule has 2 aliphatic rings. The number of amides is 2. The molecule has 0 radical (unpaired) electrons. The van der Waals surface area contributed by atoms with E-state index in [-0.39, 0.29) is 12.1 Å². The van der Waals surface area contributed by atoms with Gasteiger partial charge in [0, 0.05) is 22.1 Å². The lowest BCUT2D eigenvalue weighted by Crippen LogP contribution is -2.65. The molecule has 2 heterocycles. The van der Waals surface area contributed by atoms with Crippen LogP contribution in [0.4, 0.5) is 10.5 Å². The van der Waals surface area contributed by atoms with Gasteiger partial charge in [0.25, 0.3) is 0 Å². The molecule has 2 aromatic rings. The number of fused-ring (bicyclic) bond motifs is 4. The van der Waals surface area contributed by atoms with Crippen LogP contribution in [0.25, 0.3) is 0 Å². The largest absolute Gasteiger partial charge is 0.493 e. The number of halogens is 1. The van der Waals surface area contributed by atoms with Crippen molar-refractivity contribution in [2.24, 2.45) is 0 Å². The highest BCUT2D eigenvalue weighted by atomic mass is 79.9. The van der Waals surface area contributed by atoms with Crippen LogP contribution in [0, 0.1) is 6.92 Å². The summed E-state index contributed by atoms with van der Waals surface area (Å²) in [7, 11) is 1.62. The van der Waals surface area contributed by atoms with E-state index in [1.165, 1.54) is 0 Å². The monoisotopic (exact) mass is 402 g/mol. The van der Waals surface area contributed by atoms with E-state index in [1.54, 1.807) is 12.0 Å². The lowest BCUT2D eigenvalue weighted by atomic mass is 9.90. The number of carbonyl (C=O) groups excluding carboxylic acids is 1. The summed E-state index contributed by atoms with van der Waals surface area (Å²) >= 11 is 3.50. The Balaban J connectivity index is 1.82. The highest BCUT2D eigenvalue weighted by Crippen LogP contribution is 2.50. The third-order valence-electron chi connectivity index (χ3n) is 4.81. The van der Waals surface area contributed by atoms with Gasteiger partial charge in [0.2, 0.25) is 0 Å². The Hall–Kier alpha value is -2.21. The van der Waals surface area contributed by atoms with Crippen molar-refractivity contribution in [3.05, 3.63) is 52.0 Å². The number of hydrogen-bond donors (Lipinski definition) is 1. The molecule has 0 saturated carbocycles. The molecule has 2 bridgehead atoms. The van der Waals surface area contributed by atoms with Gasteiger partial charge in [0.1, 0.15) is 0 Å². The number of carbonyl (C=O) groups is 1. The van der Waals surface area contributed by atoms with Gasteiger partial charge in [-0.3, -0.25) is 4.90 Å². The molecule has 4 rings (SSSR count). The Kier molecular flexibility index (Phi) is 3.68. The number of hydrogen-bond acceptors (Lipinski definition) is 3. The van der Waals surface area contributed by atoms with Crippen molar-refractivity contribution in [3.63, 3.8) is 0 Å². The van der Waals surface area contributed by atoms with Gasteiger partial charge in [0.05, 0.1) is 13.2 Å². The van der Waals surface area contributed by atoms with Crippen LogP contribution in [0.1, 0.15) is 30.5 Å². The predicted molar refractivity (Wildman–Crippen MR) is 99.3 cm³/mol. The summed E-state index contributed by atoms with van der Waals surface area (Å²) in [5.41, 5.74) is 2.10. The fourth-order valence-corrected chi connectivity index (χ4v) is 4.09. The zero-order valence-corrected chi connectivity index (χ0v) is 15.9. The lowest BCUT2D eigenvalue weighted by Gasteiger charge is -2.50. The van der Waals surface area contributed by atoms with Crippen LogP contribution in [0.2, 0.25) is 0 Å². The first kappa shape index (κ1) is 16.3. The van der Waals surface area contributed by atoms with Crippen LogP contribution in [0.3, 0.4) is 0 Å². The Bertz CT molecular complexity index is 852. The maximum atomic E-state index is 12.8. The molecule has 2 aliphatic heterocycles. The number of nitrogens with zero attached hydrogens (tertiary/aromatic N) is 1. The third kappa shape index (κ3) is 2.56. The van der Waals surface area contributed by atoms with Crippen LogP contribution in [-0.4, -0.2) is 18.9 Å². The van der Waals surface area contributed by atoms with E-state index in [4.69, 9.17) is 9.47 Å². The summed E-state index contributed by atoms with van der Waals surface area (Å²) < 4.78 is 12.7. The summed E-state index contributed by atoms with van der Waals surface area (Å²) in [6.07, 6.45) is 0.652. The maximum absolute atomic E-state index is 12.8.